The highest BCUT2D eigenvalue weighted by Crippen LogP contribution is 1.97. The summed E-state index contributed by atoms with van der Waals surface area (Å²) in [5.41, 5.74) is 0. The van der Waals surface area contributed by atoms with Crippen molar-refractivity contribution in [1.29, 1.82) is 0 Å². The van der Waals surface area contributed by atoms with Crippen LogP contribution in [-0.2, 0) is 19.1 Å². The minimum Gasteiger partial charge on any atom is -0.460 e. The molecule has 0 radical (unpaired) electrons. The third kappa shape index (κ3) is 9.34. The summed E-state index contributed by atoms with van der Waals surface area (Å²) < 4.78 is 8.67. The topological polar surface area (TPSA) is 134 Å². The van der Waals surface area contributed by atoms with Gasteiger partial charge in [-0.25, -0.2) is 0 Å². The second-order valence-corrected chi connectivity index (χ2v) is 2.83. The molecule has 0 aromatic rings. The van der Waals surface area contributed by atoms with Gasteiger partial charge < -0.3 is 29.9 Å². The van der Waals surface area contributed by atoms with Crippen LogP contribution in [0.5, 0.6) is 0 Å². The molecular formula is C8H14O8. The van der Waals surface area contributed by atoms with Crippen LogP contribution in [0.2, 0.25) is 0 Å². The van der Waals surface area contributed by atoms with E-state index in [0.717, 1.165) is 0 Å². The van der Waals surface area contributed by atoms with Gasteiger partial charge in [0.2, 0.25) is 0 Å². The van der Waals surface area contributed by atoms with Crippen LogP contribution >= 0.6 is 0 Å². The normalized spacial score (nSPS) is 10.6. The average Bonchev–Trinajstić information content (AvgIpc) is 2.20. The maximum Gasteiger partial charge on any atom is 0.306 e. The molecule has 4 N–H and O–H groups in total. The summed E-state index contributed by atoms with van der Waals surface area (Å²) in [5.74, 6) is -1.57. The molecule has 0 aromatic heterocycles. The van der Waals surface area contributed by atoms with Gasteiger partial charge in [-0.2, -0.15) is 0 Å². The Balaban J connectivity index is 3.55. The van der Waals surface area contributed by atoms with Gasteiger partial charge in [0.25, 0.3) is 0 Å². The smallest absolute Gasteiger partial charge is 0.306 e. The van der Waals surface area contributed by atoms with Crippen molar-refractivity contribution in [2.24, 2.45) is 0 Å². The van der Waals surface area contributed by atoms with Gasteiger partial charge in [-0.05, 0) is 0 Å². The molecule has 0 amide bonds. The van der Waals surface area contributed by atoms with Crippen LogP contribution < -0.4 is 0 Å². The SMILES string of the molecule is O=C(CCC(=O)OCC(O)O)OCC(O)O. The van der Waals surface area contributed by atoms with E-state index in [-0.39, 0.29) is 12.8 Å². The van der Waals surface area contributed by atoms with Crippen LogP contribution in [0.25, 0.3) is 0 Å². The lowest BCUT2D eigenvalue weighted by atomic mass is 10.3. The first kappa shape index (κ1) is 14.8. The summed E-state index contributed by atoms with van der Waals surface area (Å²) in [6.45, 7) is -1.13. The van der Waals surface area contributed by atoms with Gasteiger partial charge in [0.05, 0.1) is 12.8 Å². The highest BCUT2D eigenvalue weighted by atomic mass is 16.6. The van der Waals surface area contributed by atoms with E-state index in [9.17, 15) is 9.59 Å². The van der Waals surface area contributed by atoms with E-state index >= 15 is 0 Å². The highest BCUT2D eigenvalue weighted by molar-refractivity contribution is 5.77. The summed E-state index contributed by atoms with van der Waals surface area (Å²) in [6, 6.07) is 0. The summed E-state index contributed by atoms with van der Waals surface area (Å²) in [4.78, 5) is 21.7. The Morgan fingerprint density at radius 3 is 1.38 bits per heavy atom. The predicted octanol–water partition coefficient (Wildman–Crippen LogP) is -2.53. The number of carbonyl (C=O) groups is 2. The van der Waals surface area contributed by atoms with Crippen LogP contribution in [0.4, 0.5) is 0 Å². The van der Waals surface area contributed by atoms with Crippen LogP contribution in [0.3, 0.4) is 0 Å². The molecule has 0 bridgehead atoms. The first-order chi connectivity index (χ1) is 7.41. The first-order valence-corrected chi connectivity index (χ1v) is 4.45. The summed E-state index contributed by atoms with van der Waals surface area (Å²) >= 11 is 0. The molecule has 0 rings (SSSR count). The molecule has 0 heterocycles. The molecule has 16 heavy (non-hydrogen) atoms. The molecule has 8 heteroatoms. The number of esters is 2. The summed E-state index contributed by atoms with van der Waals surface area (Å²) in [7, 11) is 0. The number of aliphatic hydroxyl groups excluding tert-OH is 2. The zero-order valence-electron chi connectivity index (χ0n) is 8.40. The molecule has 0 atom stereocenters. The molecule has 8 nitrogen and oxygen atoms in total. The molecule has 0 aromatic carbocycles. The second-order valence-electron chi connectivity index (χ2n) is 2.83. The molecule has 0 aliphatic rings. The largest absolute Gasteiger partial charge is 0.460 e. The number of hydrogen-bond donors (Lipinski definition) is 4. The van der Waals surface area contributed by atoms with E-state index in [1.54, 1.807) is 0 Å². The second kappa shape index (κ2) is 7.99. The molecule has 0 saturated carbocycles. The van der Waals surface area contributed by atoms with E-state index in [0.29, 0.717) is 0 Å². The number of carbonyl (C=O) groups excluding carboxylic acids is 2. The third-order valence-corrected chi connectivity index (χ3v) is 1.32. The van der Waals surface area contributed by atoms with Gasteiger partial charge in [0.15, 0.2) is 12.6 Å². The number of rotatable bonds is 7. The van der Waals surface area contributed by atoms with Crippen molar-refractivity contribution >= 4 is 11.9 Å². The highest BCUT2D eigenvalue weighted by Gasteiger charge is 2.11. The van der Waals surface area contributed by atoms with E-state index in [2.05, 4.69) is 9.47 Å². The standard InChI is InChI=1S/C8H14O8/c9-5(10)3-15-7(13)1-2-8(14)16-4-6(11)12/h5-6,9-12H,1-4H2. The number of ether oxygens (including phenoxy) is 2. The van der Waals surface area contributed by atoms with Crippen molar-refractivity contribution in [2.45, 2.75) is 25.4 Å². The van der Waals surface area contributed by atoms with E-state index in [1.165, 1.54) is 0 Å². The molecule has 0 aliphatic heterocycles. The minimum absolute atomic E-state index is 0.285. The minimum atomic E-state index is -1.75. The fraction of sp³-hybridized carbons (Fsp3) is 0.750. The van der Waals surface area contributed by atoms with Crippen molar-refractivity contribution in [1.82, 2.24) is 0 Å². The van der Waals surface area contributed by atoms with Gasteiger partial charge >= 0.3 is 11.9 Å². The fourth-order valence-corrected chi connectivity index (χ4v) is 0.683. The van der Waals surface area contributed by atoms with Crippen LogP contribution in [0, 0.1) is 0 Å². The zero-order chi connectivity index (χ0) is 12.6. The molecule has 0 spiro atoms. The Hall–Kier alpha value is -1.22. The maximum atomic E-state index is 10.8. The van der Waals surface area contributed by atoms with Crippen LogP contribution in [-0.4, -0.2) is 58.2 Å². The Morgan fingerprint density at radius 1 is 0.812 bits per heavy atom. The lowest BCUT2D eigenvalue weighted by molar-refractivity contribution is -0.162. The molecule has 0 aliphatic carbocycles. The van der Waals surface area contributed by atoms with Gasteiger partial charge in [0.1, 0.15) is 13.2 Å². The first-order valence-electron chi connectivity index (χ1n) is 4.45. The quantitative estimate of drug-likeness (QED) is 0.282. The van der Waals surface area contributed by atoms with Crippen LogP contribution in [0.1, 0.15) is 12.8 Å². The lowest BCUT2D eigenvalue weighted by Crippen LogP contribution is -2.20. The fourth-order valence-electron chi connectivity index (χ4n) is 0.683. The van der Waals surface area contributed by atoms with Crippen molar-refractivity contribution in [3.63, 3.8) is 0 Å². The van der Waals surface area contributed by atoms with Crippen molar-refractivity contribution in [3.05, 3.63) is 0 Å². The van der Waals surface area contributed by atoms with Gasteiger partial charge in [0, 0.05) is 0 Å². The Bertz CT molecular complexity index is 200. The van der Waals surface area contributed by atoms with Crippen molar-refractivity contribution in [2.75, 3.05) is 13.2 Å². The molecule has 94 valence electrons. The molecule has 0 saturated heterocycles. The predicted molar refractivity (Wildman–Crippen MR) is 47.6 cm³/mol. The zero-order valence-corrected chi connectivity index (χ0v) is 8.40. The lowest BCUT2D eigenvalue weighted by Gasteiger charge is -2.07. The maximum absolute atomic E-state index is 10.8. The van der Waals surface area contributed by atoms with Crippen molar-refractivity contribution < 1.29 is 39.5 Å². The molecule has 0 fully saturated rings. The summed E-state index contributed by atoms with van der Waals surface area (Å²) in [5, 5.41) is 33.4. The third-order valence-electron chi connectivity index (χ3n) is 1.32. The number of hydrogen-bond acceptors (Lipinski definition) is 8. The van der Waals surface area contributed by atoms with Gasteiger partial charge in [-0.15, -0.1) is 0 Å². The Kier molecular flexibility index (Phi) is 7.38. The number of aliphatic hydroxyl groups is 4. The van der Waals surface area contributed by atoms with E-state index in [4.69, 9.17) is 20.4 Å². The van der Waals surface area contributed by atoms with Crippen LogP contribution in [0.15, 0.2) is 0 Å². The average molecular weight is 238 g/mol. The van der Waals surface area contributed by atoms with E-state index in [1.807, 2.05) is 0 Å². The molecular weight excluding hydrogens is 224 g/mol. The molecule has 0 unspecified atom stereocenters. The van der Waals surface area contributed by atoms with Gasteiger partial charge in [-0.3, -0.25) is 9.59 Å². The van der Waals surface area contributed by atoms with Gasteiger partial charge in [-0.1, -0.05) is 0 Å². The van der Waals surface area contributed by atoms with Crippen molar-refractivity contribution in [3.8, 4) is 0 Å². The summed E-state index contributed by atoms with van der Waals surface area (Å²) in [6.07, 6.45) is -4.07. The Labute approximate surface area is 91.0 Å². The monoisotopic (exact) mass is 238 g/mol. The Morgan fingerprint density at radius 2 is 1.12 bits per heavy atom. The van der Waals surface area contributed by atoms with E-state index < -0.39 is 37.7 Å².